The first-order valence-corrected chi connectivity index (χ1v) is 8.24. The lowest BCUT2D eigenvalue weighted by atomic mass is 9.99. The Morgan fingerprint density at radius 2 is 2.04 bits per heavy atom. The number of benzene rings is 1. The van der Waals surface area contributed by atoms with Crippen LogP contribution in [0.2, 0.25) is 0 Å². The lowest BCUT2D eigenvalue weighted by Crippen LogP contribution is -2.37. The van der Waals surface area contributed by atoms with Crippen molar-refractivity contribution in [2.75, 3.05) is 6.61 Å². The molecule has 0 radical (unpaired) electrons. The van der Waals surface area contributed by atoms with Gasteiger partial charge in [-0.25, -0.2) is 0 Å². The normalized spacial score (nSPS) is 18.3. The molecule has 0 spiro atoms. The molecule has 1 aliphatic rings. The van der Waals surface area contributed by atoms with Crippen molar-refractivity contribution >= 4 is 11.7 Å². The molecule has 0 fully saturated rings. The predicted octanol–water partition coefficient (Wildman–Crippen LogP) is 2.01. The Morgan fingerprint density at radius 1 is 1.38 bits per heavy atom. The van der Waals surface area contributed by atoms with E-state index in [4.69, 9.17) is 4.74 Å². The Morgan fingerprint density at radius 3 is 2.54 bits per heavy atom. The zero-order valence-electron chi connectivity index (χ0n) is 14.5. The maximum Gasteiger partial charge on any atom is 0.217 e. The summed E-state index contributed by atoms with van der Waals surface area (Å²) in [6.45, 7) is 5.31. The third-order valence-electron chi connectivity index (χ3n) is 4.07. The number of ether oxygens (including phenoxy) is 1. The summed E-state index contributed by atoms with van der Waals surface area (Å²) >= 11 is 0. The lowest BCUT2D eigenvalue weighted by Gasteiger charge is -2.22. The summed E-state index contributed by atoms with van der Waals surface area (Å²) in [7, 11) is 0. The van der Waals surface area contributed by atoms with Crippen molar-refractivity contribution in [2.24, 2.45) is 0 Å². The molecule has 0 heterocycles. The van der Waals surface area contributed by atoms with Crippen molar-refractivity contribution in [3.63, 3.8) is 0 Å². The van der Waals surface area contributed by atoms with E-state index in [0.717, 1.165) is 22.4 Å². The SMILES string of the molecule is CC(=O)NC(CO)Cc1cc(C)c(OC2C=CC(=O)CC2)c(C)c1. The molecule has 130 valence electrons. The highest BCUT2D eigenvalue weighted by Crippen LogP contribution is 2.28. The van der Waals surface area contributed by atoms with Crippen LogP contribution < -0.4 is 10.1 Å². The summed E-state index contributed by atoms with van der Waals surface area (Å²) in [5, 5.41) is 12.1. The van der Waals surface area contributed by atoms with E-state index in [0.29, 0.717) is 19.3 Å². The number of rotatable bonds is 6. The molecule has 2 rings (SSSR count). The van der Waals surface area contributed by atoms with Crippen LogP contribution >= 0.6 is 0 Å². The average Bonchev–Trinajstić information content (AvgIpc) is 2.51. The van der Waals surface area contributed by atoms with Gasteiger partial charge in [0.05, 0.1) is 12.6 Å². The summed E-state index contributed by atoms with van der Waals surface area (Å²) in [6, 6.07) is 3.75. The number of carbonyl (C=O) groups is 2. The van der Waals surface area contributed by atoms with Crippen molar-refractivity contribution in [1.29, 1.82) is 0 Å². The maximum absolute atomic E-state index is 11.3. The van der Waals surface area contributed by atoms with Crippen LogP contribution in [0, 0.1) is 13.8 Å². The summed E-state index contributed by atoms with van der Waals surface area (Å²) in [5.41, 5.74) is 3.06. The summed E-state index contributed by atoms with van der Waals surface area (Å²) in [4.78, 5) is 22.4. The van der Waals surface area contributed by atoms with Crippen LogP contribution in [0.15, 0.2) is 24.3 Å². The molecule has 1 aromatic rings. The van der Waals surface area contributed by atoms with Gasteiger partial charge in [-0.2, -0.15) is 0 Å². The molecule has 24 heavy (non-hydrogen) atoms. The molecule has 5 heteroatoms. The Bertz CT molecular complexity index is 628. The van der Waals surface area contributed by atoms with Gasteiger partial charge in [0.15, 0.2) is 5.78 Å². The van der Waals surface area contributed by atoms with Crippen LogP contribution in [0.4, 0.5) is 0 Å². The minimum atomic E-state index is -0.291. The molecule has 1 aromatic carbocycles. The molecule has 2 atom stereocenters. The van der Waals surface area contributed by atoms with Crippen LogP contribution in [0.3, 0.4) is 0 Å². The van der Waals surface area contributed by atoms with Gasteiger partial charge in [-0.05, 0) is 55.5 Å². The number of hydrogen-bond acceptors (Lipinski definition) is 4. The number of hydrogen-bond donors (Lipinski definition) is 2. The molecule has 5 nitrogen and oxygen atoms in total. The number of aryl methyl sites for hydroxylation is 2. The van der Waals surface area contributed by atoms with Crippen molar-refractivity contribution < 1.29 is 19.4 Å². The van der Waals surface area contributed by atoms with Crippen LogP contribution in [0.25, 0.3) is 0 Å². The molecular weight excluding hydrogens is 306 g/mol. The quantitative estimate of drug-likeness (QED) is 0.836. The average molecular weight is 331 g/mol. The van der Waals surface area contributed by atoms with Crippen LogP contribution in [0.5, 0.6) is 5.75 Å². The molecule has 0 aromatic heterocycles. The van der Waals surface area contributed by atoms with Gasteiger partial charge in [-0.15, -0.1) is 0 Å². The van der Waals surface area contributed by atoms with Crippen LogP contribution in [-0.4, -0.2) is 35.5 Å². The second kappa shape index (κ2) is 8.11. The highest BCUT2D eigenvalue weighted by Gasteiger charge is 2.18. The fourth-order valence-electron chi connectivity index (χ4n) is 3.01. The Kier molecular flexibility index (Phi) is 6.15. The zero-order chi connectivity index (χ0) is 17.7. The van der Waals surface area contributed by atoms with Crippen molar-refractivity contribution in [1.82, 2.24) is 5.32 Å². The van der Waals surface area contributed by atoms with Gasteiger partial charge in [-0.1, -0.05) is 12.1 Å². The summed E-state index contributed by atoms with van der Waals surface area (Å²) in [5.74, 6) is 0.829. The second-order valence-corrected chi connectivity index (χ2v) is 6.36. The van der Waals surface area contributed by atoms with E-state index < -0.39 is 0 Å². The van der Waals surface area contributed by atoms with Crippen LogP contribution in [-0.2, 0) is 16.0 Å². The minimum Gasteiger partial charge on any atom is -0.486 e. The van der Waals surface area contributed by atoms with Crippen LogP contribution in [0.1, 0.15) is 36.5 Å². The molecular formula is C19H25NO4. The molecule has 1 aliphatic carbocycles. The number of allylic oxidation sites excluding steroid dienone is 1. The molecule has 0 saturated carbocycles. The van der Waals surface area contributed by atoms with Gasteiger partial charge in [0.25, 0.3) is 0 Å². The maximum atomic E-state index is 11.3. The highest BCUT2D eigenvalue weighted by molar-refractivity contribution is 5.90. The molecule has 0 aliphatic heterocycles. The lowest BCUT2D eigenvalue weighted by molar-refractivity contribution is -0.120. The number of aliphatic hydroxyl groups excluding tert-OH is 1. The number of amides is 1. The van der Waals surface area contributed by atoms with Gasteiger partial charge < -0.3 is 15.2 Å². The Labute approximate surface area is 142 Å². The predicted molar refractivity (Wildman–Crippen MR) is 92.1 cm³/mol. The Balaban J connectivity index is 2.11. The van der Waals surface area contributed by atoms with Gasteiger partial charge in [0.1, 0.15) is 11.9 Å². The molecule has 0 bridgehead atoms. The highest BCUT2D eigenvalue weighted by atomic mass is 16.5. The van der Waals surface area contributed by atoms with Gasteiger partial charge in [-0.3, -0.25) is 9.59 Å². The summed E-state index contributed by atoms with van der Waals surface area (Å²) in [6.07, 6.45) is 5.12. The first-order valence-electron chi connectivity index (χ1n) is 8.24. The molecule has 2 unspecified atom stereocenters. The molecule has 0 saturated heterocycles. The first kappa shape index (κ1) is 18.2. The van der Waals surface area contributed by atoms with Gasteiger partial charge >= 0.3 is 0 Å². The van der Waals surface area contributed by atoms with E-state index in [1.165, 1.54) is 6.92 Å². The van der Waals surface area contributed by atoms with E-state index in [1.807, 2.05) is 32.1 Å². The van der Waals surface area contributed by atoms with Crippen molar-refractivity contribution in [2.45, 2.75) is 52.2 Å². The standard InChI is InChI=1S/C19H25NO4/c1-12-8-15(10-16(11-21)20-14(3)22)9-13(2)19(12)24-18-6-4-17(23)5-7-18/h4,6,8-9,16,18,21H,5,7,10-11H2,1-3H3,(H,20,22). The van der Waals surface area contributed by atoms with E-state index in [2.05, 4.69) is 5.32 Å². The van der Waals surface area contributed by atoms with E-state index in [-0.39, 0.29) is 30.4 Å². The number of ketones is 1. The monoisotopic (exact) mass is 331 g/mol. The second-order valence-electron chi connectivity index (χ2n) is 6.36. The topological polar surface area (TPSA) is 75.6 Å². The number of carbonyl (C=O) groups excluding carboxylic acids is 2. The van der Waals surface area contributed by atoms with E-state index >= 15 is 0 Å². The summed E-state index contributed by atoms with van der Waals surface area (Å²) < 4.78 is 6.06. The number of nitrogens with one attached hydrogen (secondary N) is 1. The first-order chi connectivity index (χ1) is 11.4. The van der Waals surface area contributed by atoms with Crippen molar-refractivity contribution in [3.05, 3.63) is 41.0 Å². The largest absolute Gasteiger partial charge is 0.486 e. The third kappa shape index (κ3) is 4.93. The molecule has 2 N–H and O–H groups in total. The van der Waals surface area contributed by atoms with Crippen molar-refractivity contribution in [3.8, 4) is 5.75 Å². The van der Waals surface area contributed by atoms with Gasteiger partial charge in [0, 0.05) is 13.3 Å². The minimum absolute atomic E-state index is 0.0736. The third-order valence-corrected chi connectivity index (χ3v) is 4.07. The Hall–Kier alpha value is -2.14. The van der Waals surface area contributed by atoms with E-state index in [9.17, 15) is 14.7 Å². The van der Waals surface area contributed by atoms with E-state index in [1.54, 1.807) is 6.08 Å². The molecule has 1 amide bonds. The number of aliphatic hydroxyl groups is 1. The fourth-order valence-corrected chi connectivity index (χ4v) is 3.01. The smallest absolute Gasteiger partial charge is 0.217 e. The fraction of sp³-hybridized carbons (Fsp3) is 0.474. The van der Waals surface area contributed by atoms with Gasteiger partial charge in [0.2, 0.25) is 5.91 Å². The zero-order valence-corrected chi connectivity index (χ0v) is 14.5.